The van der Waals surface area contributed by atoms with E-state index in [1.165, 1.54) is 0 Å². The fourth-order valence-corrected chi connectivity index (χ4v) is 2.66. The molecule has 0 saturated heterocycles. The van der Waals surface area contributed by atoms with E-state index in [9.17, 15) is 0 Å². The van der Waals surface area contributed by atoms with Crippen LogP contribution in [0.5, 0.6) is 5.75 Å². The summed E-state index contributed by atoms with van der Waals surface area (Å²) in [5, 5.41) is 11.9. The fourth-order valence-electron chi connectivity index (χ4n) is 1.90. The highest BCUT2D eigenvalue weighted by Gasteiger charge is 2.13. The van der Waals surface area contributed by atoms with Gasteiger partial charge in [-0.25, -0.2) is 0 Å². The summed E-state index contributed by atoms with van der Waals surface area (Å²) in [6.45, 7) is 9.88. The third-order valence-corrected chi connectivity index (χ3v) is 4.87. The number of nitrogens with zero attached hydrogens (tertiary/aromatic N) is 1. The number of ether oxygens (including phenoxy) is 2. The van der Waals surface area contributed by atoms with E-state index in [1.54, 1.807) is 0 Å². The van der Waals surface area contributed by atoms with Gasteiger partial charge in [0.05, 0.1) is 0 Å². The van der Waals surface area contributed by atoms with Crippen LogP contribution in [0.15, 0.2) is 23.4 Å². The Bertz CT molecular complexity index is 484. The number of hydrogen-bond acceptors (Lipinski definition) is 4. The molecule has 0 aromatic heterocycles. The molecule has 0 amide bonds. The summed E-state index contributed by atoms with van der Waals surface area (Å²) in [7, 11) is -1.07. The minimum Gasteiger partial charge on any atom is -0.467 e. The predicted octanol–water partition coefficient (Wildman–Crippen LogP) is 3.03. The van der Waals surface area contributed by atoms with Gasteiger partial charge in [-0.1, -0.05) is 43.9 Å². The molecule has 0 aliphatic carbocycles. The van der Waals surface area contributed by atoms with Gasteiger partial charge in [0.1, 0.15) is 5.75 Å². The van der Waals surface area contributed by atoms with Gasteiger partial charge in [0.15, 0.2) is 12.6 Å². The first-order chi connectivity index (χ1) is 9.89. The zero-order chi connectivity index (χ0) is 15.9. The number of oxime groups is 1. The summed E-state index contributed by atoms with van der Waals surface area (Å²) in [5.41, 5.74) is 7.29. The van der Waals surface area contributed by atoms with Crippen molar-refractivity contribution in [3.05, 3.63) is 29.3 Å². The first-order valence-corrected chi connectivity index (χ1v) is 10.9. The molecule has 0 saturated carbocycles. The van der Waals surface area contributed by atoms with Crippen LogP contribution in [-0.4, -0.2) is 32.5 Å². The first kappa shape index (κ1) is 17.5. The molecule has 6 heteroatoms. The summed E-state index contributed by atoms with van der Waals surface area (Å²) >= 11 is 0. The molecule has 0 aliphatic rings. The highest BCUT2D eigenvalue weighted by atomic mass is 28.3. The molecule has 1 rings (SSSR count). The molecule has 0 spiro atoms. The van der Waals surface area contributed by atoms with Crippen LogP contribution in [0.4, 0.5) is 0 Å². The van der Waals surface area contributed by atoms with Crippen molar-refractivity contribution in [3.63, 3.8) is 0 Å². The lowest BCUT2D eigenvalue weighted by molar-refractivity contribution is 0.0215. The molecule has 1 aromatic carbocycles. The Labute approximate surface area is 127 Å². The van der Waals surface area contributed by atoms with Gasteiger partial charge in [-0.2, -0.15) is 0 Å². The Hall–Kier alpha value is -1.53. The van der Waals surface area contributed by atoms with Gasteiger partial charge in [0.2, 0.25) is 0 Å². The van der Waals surface area contributed by atoms with Crippen LogP contribution >= 0.6 is 0 Å². The van der Waals surface area contributed by atoms with Gasteiger partial charge in [-0.3, -0.25) is 0 Å². The zero-order valence-corrected chi connectivity index (χ0v) is 14.3. The molecular formula is C15H26N2O3Si. The molecule has 0 heterocycles. The minimum atomic E-state index is -1.07. The highest BCUT2D eigenvalue weighted by Crippen LogP contribution is 2.23. The van der Waals surface area contributed by atoms with Crippen LogP contribution < -0.4 is 10.5 Å². The van der Waals surface area contributed by atoms with Crippen molar-refractivity contribution in [2.45, 2.75) is 39.0 Å². The molecular weight excluding hydrogens is 284 g/mol. The lowest BCUT2D eigenvalue weighted by Gasteiger charge is -2.17. The summed E-state index contributed by atoms with van der Waals surface area (Å²) in [4.78, 5) is 0. The molecule has 0 aliphatic heterocycles. The third kappa shape index (κ3) is 5.77. The first-order valence-electron chi connectivity index (χ1n) is 7.19. The fraction of sp³-hybridized carbons (Fsp3) is 0.533. The Morgan fingerprint density at radius 3 is 2.62 bits per heavy atom. The summed E-state index contributed by atoms with van der Waals surface area (Å²) in [5.74, 6) is 0.812. The van der Waals surface area contributed by atoms with Crippen LogP contribution in [0.2, 0.25) is 25.7 Å². The van der Waals surface area contributed by atoms with E-state index in [-0.39, 0.29) is 12.6 Å². The maximum absolute atomic E-state index is 8.82. The van der Waals surface area contributed by atoms with Crippen molar-refractivity contribution in [2.75, 3.05) is 13.4 Å². The van der Waals surface area contributed by atoms with Gasteiger partial charge >= 0.3 is 0 Å². The number of nitrogens with two attached hydrogens (primary N) is 1. The Balaban J connectivity index is 2.63. The molecule has 3 N–H and O–H groups in total. The average Bonchev–Trinajstić information content (AvgIpc) is 2.44. The SMILES string of the molecule is CCc1c(OCOCC[Si](C)(C)C)cccc1C(N)=NO. The summed E-state index contributed by atoms with van der Waals surface area (Å²) in [6, 6.07) is 6.62. The molecule has 0 atom stereocenters. The van der Waals surface area contributed by atoms with E-state index < -0.39 is 8.07 Å². The molecule has 0 unspecified atom stereocenters. The number of hydrogen-bond donors (Lipinski definition) is 2. The summed E-state index contributed by atoms with van der Waals surface area (Å²) in [6.07, 6.45) is 0.733. The maximum Gasteiger partial charge on any atom is 0.189 e. The van der Waals surface area contributed by atoms with Crippen LogP contribution in [0.1, 0.15) is 18.1 Å². The van der Waals surface area contributed by atoms with Crippen molar-refractivity contribution >= 4 is 13.9 Å². The van der Waals surface area contributed by atoms with Crippen molar-refractivity contribution < 1.29 is 14.7 Å². The van der Waals surface area contributed by atoms with Gasteiger partial charge in [0, 0.05) is 25.8 Å². The molecule has 0 bridgehead atoms. The minimum absolute atomic E-state index is 0.0944. The van der Waals surface area contributed by atoms with Crippen molar-refractivity contribution in [2.24, 2.45) is 10.9 Å². The van der Waals surface area contributed by atoms with Gasteiger partial charge in [-0.15, -0.1) is 0 Å². The van der Waals surface area contributed by atoms with Crippen LogP contribution in [0.3, 0.4) is 0 Å². The van der Waals surface area contributed by atoms with Crippen molar-refractivity contribution in [3.8, 4) is 5.75 Å². The Morgan fingerprint density at radius 2 is 2.05 bits per heavy atom. The van der Waals surface area contributed by atoms with Crippen LogP contribution in [-0.2, 0) is 11.2 Å². The lowest BCUT2D eigenvalue weighted by Crippen LogP contribution is -2.22. The van der Waals surface area contributed by atoms with Crippen LogP contribution in [0.25, 0.3) is 0 Å². The number of amidine groups is 1. The average molecular weight is 310 g/mol. The second-order valence-electron chi connectivity index (χ2n) is 6.10. The number of rotatable bonds is 8. The Kier molecular flexibility index (Phi) is 6.71. The van der Waals surface area contributed by atoms with E-state index in [0.29, 0.717) is 5.56 Å². The van der Waals surface area contributed by atoms with E-state index in [1.807, 2.05) is 25.1 Å². The van der Waals surface area contributed by atoms with E-state index >= 15 is 0 Å². The normalized spacial score (nSPS) is 12.5. The molecule has 118 valence electrons. The Morgan fingerprint density at radius 1 is 1.33 bits per heavy atom. The summed E-state index contributed by atoms with van der Waals surface area (Å²) < 4.78 is 11.2. The monoisotopic (exact) mass is 310 g/mol. The largest absolute Gasteiger partial charge is 0.467 e. The smallest absolute Gasteiger partial charge is 0.189 e. The zero-order valence-electron chi connectivity index (χ0n) is 13.3. The maximum atomic E-state index is 8.82. The van der Waals surface area contributed by atoms with E-state index in [0.717, 1.165) is 30.4 Å². The predicted molar refractivity (Wildman–Crippen MR) is 87.9 cm³/mol. The standard InChI is InChI=1S/C15H26N2O3Si/c1-5-12-13(15(16)17-18)7-6-8-14(12)20-11-19-9-10-21(2,3)4/h6-8,18H,5,9-11H2,1-4H3,(H2,16,17). The van der Waals surface area contributed by atoms with Gasteiger partial charge < -0.3 is 20.4 Å². The van der Waals surface area contributed by atoms with Gasteiger partial charge in [-0.05, 0) is 18.5 Å². The topological polar surface area (TPSA) is 77.1 Å². The highest BCUT2D eigenvalue weighted by molar-refractivity contribution is 6.76. The van der Waals surface area contributed by atoms with Crippen molar-refractivity contribution in [1.29, 1.82) is 0 Å². The van der Waals surface area contributed by atoms with Crippen molar-refractivity contribution in [1.82, 2.24) is 0 Å². The molecule has 0 radical (unpaired) electrons. The molecule has 1 aromatic rings. The second kappa shape index (κ2) is 8.04. The molecule has 21 heavy (non-hydrogen) atoms. The quantitative estimate of drug-likeness (QED) is 0.147. The van der Waals surface area contributed by atoms with E-state index in [4.69, 9.17) is 20.4 Å². The van der Waals surface area contributed by atoms with E-state index in [2.05, 4.69) is 24.8 Å². The lowest BCUT2D eigenvalue weighted by atomic mass is 10.0. The number of benzene rings is 1. The van der Waals surface area contributed by atoms with Crippen LogP contribution in [0, 0.1) is 0 Å². The van der Waals surface area contributed by atoms with Gasteiger partial charge in [0.25, 0.3) is 0 Å². The molecule has 5 nitrogen and oxygen atoms in total. The second-order valence-corrected chi connectivity index (χ2v) is 11.7. The third-order valence-electron chi connectivity index (χ3n) is 3.16. The molecule has 0 fully saturated rings.